The van der Waals surface area contributed by atoms with E-state index in [2.05, 4.69) is 55.4 Å². The highest BCUT2D eigenvalue weighted by Gasteiger charge is 2.30. The van der Waals surface area contributed by atoms with E-state index in [4.69, 9.17) is 37.0 Å². The average molecular weight is 1400 g/mol. The van der Waals surface area contributed by atoms with Crippen molar-refractivity contribution in [2.75, 3.05) is 39.6 Å². The third kappa shape index (κ3) is 67.6. The molecule has 0 radical (unpaired) electrons. The van der Waals surface area contributed by atoms with Gasteiger partial charge in [-0.25, -0.2) is 9.13 Å². The first-order chi connectivity index (χ1) is 45.7. The topological polar surface area (TPSA) is 237 Å². The summed E-state index contributed by atoms with van der Waals surface area (Å²) in [5, 5.41) is 10.6. The van der Waals surface area contributed by atoms with Crippen LogP contribution in [0, 0.1) is 23.7 Å². The number of phosphoric acid groups is 2. The van der Waals surface area contributed by atoms with E-state index in [-0.39, 0.29) is 25.7 Å². The Hall–Kier alpha value is -1.94. The summed E-state index contributed by atoms with van der Waals surface area (Å²) < 4.78 is 68.5. The van der Waals surface area contributed by atoms with Crippen LogP contribution in [0.2, 0.25) is 0 Å². The largest absolute Gasteiger partial charge is 0.472 e. The molecule has 0 aliphatic rings. The van der Waals surface area contributed by atoms with Gasteiger partial charge >= 0.3 is 39.5 Å². The zero-order valence-electron chi connectivity index (χ0n) is 62.3. The molecule has 564 valence electrons. The van der Waals surface area contributed by atoms with E-state index < -0.39 is 97.5 Å². The van der Waals surface area contributed by atoms with E-state index in [1.807, 2.05) is 0 Å². The summed E-state index contributed by atoms with van der Waals surface area (Å²) in [5.74, 6) is 0.941. The maximum absolute atomic E-state index is 13.1. The molecule has 0 heterocycles. The second kappa shape index (κ2) is 65.4. The first-order valence-electron chi connectivity index (χ1n) is 39.3. The summed E-state index contributed by atoms with van der Waals surface area (Å²) in [4.78, 5) is 72.8. The number of ether oxygens (including phenoxy) is 4. The SMILES string of the molecule is CCC(C)CCCCCCCCCCC(=O)OC[C@H](COP(=O)(O)OC[C@@H](O)COP(=O)(O)OC[C@@H](COC(=O)CCCCCCCCC(C)CC)OC(=O)CCCCCCCCCCCCCCCCCCCCC(C)C)OC(=O)CCCCCCCCCCCC(C)C. The predicted octanol–water partition coefficient (Wildman–Crippen LogP) is 22.0. The number of phosphoric ester groups is 2. The van der Waals surface area contributed by atoms with Gasteiger partial charge in [0.15, 0.2) is 12.2 Å². The highest BCUT2D eigenvalue weighted by atomic mass is 31.2. The van der Waals surface area contributed by atoms with Gasteiger partial charge in [0, 0.05) is 25.7 Å². The van der Waals surface area contributed by atoms with Crippen LogP contribution >= 0.6 is 15.6 Å². The molecule has 17 nitrogen and oxygen atoms in total. The summed E-state index contributed by atoms with van der Waals surface area (Å²) in [6.45, 7) is 14.2. The van der Waals surface area contributed by atoms with E-state index in [0.717, 1.165) is 120 Å². The molecule has 0 aliphatic carbocycles. The number of unbranched alkanes of at least 4 members (excludes halogenated alkanes) is 37. The van der Waals surface area contributed by atoms with Crippen LogP contribution < -0.4 is 0 Å². The second-order valence-electron chi connectivity index (χ2n) is 28.8. The summed E-state index contributed by atoms with van der Waals surface area (Å²) >= 11 is 0. The molecule has 0 aromatic heterocycles. The Kier molecular flexibility index (Phi) is 64.0. The normalized spacial score (nSPS) is 14.7. The Morgan fingerprint density at radius 1 is 0.295 bits per heavy atom. The molecule has 95 heavy (non-hydrogen) atoms. The maximum atomic E-state index is 13.1. The Morgan fingerprint density at radius 2 is 0.505 bits per heavy atom. The molecule has 0 amide bonds. The quantitative estimate of drug-likeness (QED) is 0.0222. The molecule has 0 rings (SSSR count). The van der Waals surface area contributed by atoms with E-state index in [1.165, 1.54) is 180 Å². The summed E-state index contributed by atoms with van der Waals surface area (Å²) in [6.07, 6.45) is 50.1. The minimum atomic E-state index is -4.96. The Bertz CT molecular complexity index is 1870. The molecule has 3 N–H and O–H groups in total. The Morgan fingerprint density at radius 3 is 0.747 bits per heavy atom. The van der Waals surface area contributed by atoms with Crippen molar-refractivity contribution in [3.63, 3.8) is 0 Å². The third-order valence-electron chi connectivity index (χ3n) is 18.3. The number of aliphatic hydroxyl groups excluding tert-OH is 1. The second-order valence-corrected chi connectivity index (χ2v) is 31.7. The average Bonchev–Trinajstić information content (AvgIpc) is 1.79. The molecule has 19 heteroatoms. The van der Waals surface area contributed by atoms with E-state index in [0.29, 0.717) is 25.7 Å². The van der Waals surface area contributed by atoms with E-state index >= 15 is 0 Å². The van der Waals surface area contributed by atoms with Crippen LogP contribution in [-0.2, 0) is 65.4 Å². The molecule has 0 aromatic carbocycles. The Labute approximate surface area is 581 Å². The number of carbonyl (C=O) groups excluding carboxylic acids is 4. The molecular formula is C76H148O17P2. The van der Waals surface area contributed by atoms with Crippen LogP contribution in [0.15, 0.2) is 0 Å². The fourth-order valence-electron chi connectivity index (χ4n) is 11.5. The van der Waals surface area contributed by atoms with Crippen LogP contribution in [0.3, 0.4) is 0 Å². The Balaban J connectivity index is 5.19. The molecule has 0 spiro atoms. The fraction of sp³-hybridized carbons (Fsp3) is 0.947. The van der Waals surface area contributed by atoms with Gasteiger partial charge in [-0.05, 0) is 49.4 Å². The smallest absolute Gasteiger partial charge is 0.462 e. The monoisotopic (exact) mass is 1400 g/mol. The lowest BCUT2D eigenvalue weighted by molar-refractivity contribution is -0.161. The van der Waals surface area contributed by atoms with Gasteiger partial charge in [-0.2, -0.15) is 0 Å². The van der Waals surface area contributed by atoms with Crippen molar-refractivity contribution in [2.24, 2.45) is 23.7 Å². The maximum Gasteiger partial charge on any atom is 0.472 e. The minimum Gasteiger partial charge on any atom is -0.462 e. The highest BCUT2D eigenvalue weighted by molar-refractivity contribution is 7.47. The molecule has 0 aliphatic heterocycles. The molecule has 0 aromatic rings. The number of hydrogen-bond acceptors (Lipinski definition) is 15. The van der Waals surface area contributed by atoms with Gasteiger partial charge in [-0.1, -0.05) is 331 Å². The molecular weight excluding hydrogens is 1250 g/mol. The van der Waals surface area contributed by atoms with Crippen molar-refractivity contribution in [1.29, 1.82) is 0 Å². The van der Waals surface area contributed by atoms with Crippen molar-refractivity contribution in [1.82, 2.24) is 0 Å². The van der Waals surface area contributed by atoms with E-state index in [9.17, 15) is 43.2 Å². The van der Waals surface area contributed by atoms with Gasteiger partial charge in [0.2, 0.25) is 0 Å². The molecule has 0 fully saturated rings. The molecule has 7 atom stereocenters. The number of rotatable bonds is 73. The lowest BCUT2D eigenvalue weighted by Crippen LogP contribution is -2.30. The fourth-order valence-corrected chi connectivity index (χ4v) is 13.1. The van der Waals surface area contributed by atoms with Gasteiger partial charge in [0.05, 0.1) is 26.4 Å². The summed E-state index contributed by atoms with van der Waals surface area (Å²) in [5.41, 5.74) is 0. The molecule has 0 saturated heterocycles. The van der Waals surface area contributed by atoms with Crippen molar-refractivity contribution in [3.8, 4) is 0 Å². The van der Waals surface area contributed by atoms with Gasteiger partial charge < -0.3 is 33.8 Å². The molecule has 0 bridgehead atoms. The van der Waals surface area contributed by atoms with Crippen LogP contribution in [0.25, 0.3) is 0 Å². The van der Waals surface area contributed by atoms with Crippen molar-refractivity contribution >= 4 is 39.5 Å². The lowest BCUT2D eigenvalue weighted by Gasteiger charge is -2.21. The van der Waals surface area contributed by atoms with Crippen molar-refractivity contribution in [3.05, 3.63) is 0 Å². The standard InChI is InChI=1S/C76H148O17P2/c1-9-68(7)54-46-38-30-26-27-31-40-48-56-73(78)86-62-71(92-76(81)59-51-43-33-25-21-23-29-37-45-53-67(5)6)64-90-94(82,83)88-60-70(77)61-89-95(84,85)91-65-72(63-87-74(79)57-49-41-35-34-39-47-55-69(8)10-2)93-75(80)58-50-42-32-24-20-18-16-14-12-11-13-15-17-19-22-28-36-44-52-66(3)4/h66-72,77H,9-65H2,1-8H3,(H,82,83)(H,84,85)/t68?,69?,70-,71-,72-/m1/s1. The van der Waals surface area contributed by atoms with Gasteiger partial charge in [-0.3, -0.25) is 37.3 Å². The van der Waals surface area contributed by atoms with Crippen LogP contribution in [0.5, 0.6) is 0 Å². The number of aliphatic hydroxyl groups is 1. The number of carbonyl (C=O) groups is 4. The predicted molar refractivity (Wildman–Crippen MR) is 386 cm³/mol. The van der Waals surface area contributed by atoms with Crippen LogP contribution in [0.4, 0.5) is 0 Å². The zero-order chi connectivity index (χ0) is 70.3. The first kappa shape index (κ1) is 93.1. The first-order valence-corrected chi connectivity index (χ1v) is 42.3. The van der Waals surface area contributed by atoms with Crippen molar-refractivity contribution in [2.45, 2.75) is 401 Å². The molecule has 0 saturated carbocycles. The van der Waals surface area contributed by atoms with Gasteiger partial charge in [0.25, 0.3) is 0 Å². The number of hydrogen-bond donors (Lipinski definition) is 3. The van der Waals surface area contributed by atoms with Gasteiger partial charge in [0.1, 0.15) is 19.3 Å². The van der Waals surface area contributed by atoms with Crippen LogP contribution in [-0.4, -0.2) is 96.7 Å². The van der Waals surface area contributed by atoms with Gasteiger partial charge in [-0.15, -0.1) is 0 Å². The highest BCUT2D eigenvalue weighted by Crippen LogP contribution is 2.45. The van der Waals surface area contributed by atoms with Crippen LogP contribution in [0.1, 0.15) is 383 Å². The minimum absolute atomic E-state index is 0.104. The summed E-state index contributed by atoms with van der Waals surface area (Å²) in [6, 6.07) is 0. The van der Waals surface area contributed by atoms with Crippen molar-refractivity contribution < 1.29 is 80.2 Å². The number of esters is 4. The van der Waals surface area contributed by atoms with E-state index in [1.54, 1.807) is 0 Å². The summed E-state index contributed by atoms with van der Waals surface area (Å²) in [7, 11) is -9.91. The third-order valence-corrected chi connectivity index (χ3v) is 20.2. The zero-order valence-corrected chi connectivity index (χ0v) is 64.1. The lowest BCUT2D eigenvalue weighted by atomic mass is 9.99. The molecule has 4 unspecified atom stereocenters.